The number of pyridine rings is 2. The van der Waals surface area contributed by atoms with Gasteiger partial charge < -0.3 is 5.32 Å². The van der Waals surface area contributed by atoms with E-state index >= 15 is 0 Å². The molecule has 0 fully saturated rings. The Balaban J connectivity index is 2.22. The van der Waals surface area contributed by atoms with Gasteiger partial charge in [-0.05, 0) is 24.6 Å². The average Bonchev–Trinajstić information content (AvgIpc) is 2.35. The maximum absolute atomic E-state index is 13.3. The van der Waals surface area contributed by atoms with Gasteiger partial charge >= 0.3 is 0 Å². The molecule has 0 aromatic carbocycles. The normalized spacial score (nSPS) is 10.2. The van der Waals surface area contributed by atoms with Crippen molar-refractivity contribution in [2.75, 3.05) is 5.32 Å². The summed E-state index contributed by atoms with van der Waals surface area (Å²) in [5.74, 6) is -3.09. The molecule has 0 spiro atoms. The van der Waals surface area contributed by atoms with Gasteiger partial charge in [0.05, 0.1) is 5.56 Å². The van der Waals surface area contributed by atoms with E-state index in [1.54, 1.807) is 18.3 Å². The molecule has 2 rings (SSSR count). The number of anilines is 1. The van der Waals surface area contributed by atoms with Gasteiger partial charge in [0, 0.05) is 12.4 Å². The van der Waals surface area contributed by atoms with Crippen molar-refractivity contribution in [2.45, 2.75) is 6.92 Å². The highest BCUT2D eigenvalue weighted by Gasteiger charge is 2.16. The molecule has 0 aliphatic rings. The Morgan fingerprint density at radius 3 is 2.67 bits per heavy atom. The Morgan fingerprint density at radius 2 is 2.00 bits per heavy atom. The number of aromatic nitrogens is 2. The fraction of sp³-hybridized carbons (Fsp3) is 0.0833. The number of carbonyl (C=O) groups is 1. The van der Waals surface area contributed by atoms with Gasteiger partial charge in [0.2, 0.25) is 5.95 Å². The van der Waals surface area contributed by atoms with Crippen LogP contribution >= 0.6 is 0 Å². The summed E-state index contributed by atoms with van der Waals surface area (Å²) in [5.41, 5.74) is 0.513. The maximum atomic E-state index is 13.3. The molecule has 0 bridgehead atoms. The number of rotatable bonds is 2. The lowest BCUT2D eigenvalue weighted by Crippen LogP contribution is -2.15. The monoisotopic (exact) mass is 249 g/mol. The molecule has 0 saturated heterocycles. The van der Waals surface area contributed by atoms with E-state index in [0.29, 0.717) is 0 Å². The Bertz CT molecular complexity index is 584. The third-order valence-corrected chi connectivity index (χ3v) is 2.24. The average molecular weight is 249 g/mol. The second kappa shape index (κ2) is 4.87. The molecular formula is C12H9F2N3O. The lowest BCUT2D eigenvalue weighted by molar-refractivity contribution is 0.102. The SMILES string of the molecule is Cc1ccc(NC(=O)c2ccnc(F)c2F)nc1. The van der Waals surface area contributed by atoms with E-state index < -0.39 is 23.2 Å². The molecule has 18 heavy (non-hydrogen) atoms. The van der Waals surface area contributed by atoms with E-state index in [-0.39, 0.29) is 5.82 Å². The van der Waals surface area contributed by atoms with Crippen molar-refractivity contribution >= 4 is 11.7 Å². The highest BCUT2D eigenvalue weighted by molar-refractivity contribution is 6.03. The molecule has 0 radical (unpaired) electrons. The van der Waals surface area contributed by atoms with Gasteiger partial charge in [-0.25, -0.2) is 14.4 Å². The van der Waals surface area contributed by atoms with Crippen LogP contribution in [-0.2, 0) is 0 Å². The molecule has 2 aromatic rings. The van der Waals surface area contributed by atoms with E-state index in [2.05, 4.69) is 15.3 Å². The van der Waals surface area contributed by atoms with Crippen molar-refractivity contribution in [3.8, 4) is 0 Å². The molecule has 0 atom stereocenters. The number of hydrogen-bond acceptors (Lipinski definition) is 3. The summed E-state index contributed by atoms with van der Waals surface area (Å²) < 4.78 is 26.1. The minimum absolute atomic E-state index is 0.266. The Labute approximate surface area is 102 Å². The number of nitrogens with zero attached hydrogens (tertiary/aromatic N) is 2. The van der Waals surface area contributed by atoms with Gasteiger partial charge in [0.1, 0.15) is 5.82 Å². The van der Waals surface area contributed by atoms with E-state index in [1.807, 2.05) is 6.92 Å². The quantitative estimate of drug-likeness (QED) is 0.831. The van der Waals surface area contributed by atoms with Gasteiger partial charge in [-0.15, -0.1) is 0 Å². The fourth-order valence-electron chi connectivity index (χ4n) is 1.32. The molecule has 1 amide bonds. The van der Waals surface area contributed by atoms with Crippen molar-refractivity contribution < 1.29 is 13.6 Å². The molecule has 0 aliphatic heterocycles. The summed E-state index contributed by atoms with van der Waals surface area (Å²) in [7, 11) is 0. The summed E-state index contributed by atoms with van der Waals surface area (Å²) >= 11 is 0. The van der Waals surface area contributed by atoms with Gasteiger partial charge in [0.25, 0.3) is 5.91 Å². The lowest BCUT2D eigenvalue weighted by atomic mass is 10.2. The zero-order valence-electron chi connectivity index (χ0n) is 9.45. The van der Waals surface area contributed by atoms with E-state index in [9.17, 15) is 13.6 Å². The van der Waals surface area contributed by atoms with Crippen LogP contribution in [-0.4, -0.2) is 15.9 Å². The molecule has 4 nitrogen and oxygen atoms in total. The third-order valence-electron chi connectivity index (χ3n) is 2.24. The van der Waals surface area contributed by atoms with Crippen LogP contribution in [0.1, 0.15) is 15.9 Å². The number of carbonyl (C=O) groups excluding carboxylic acids is 1. The zero-order valence-corrected chi connectivity index (χ0v) is 9.45. The Kier molecular flexibility index (Phi) is 3.27. The number of halogens is 2. The standard InChI is InChI=1S/C12H9F2N3O/c1-7-2-3-9(16-6-7)17-12(18)8-4-5-15-11(14)10(8)13/h2-6H,1H3,(H,16,17,18). The Morgan fingerprint density at radius 1 is 1.22 bits per heavy atom. The lowest BCUT2D eigenvalue weighted by Gasteiger charge is -2.05. The third kappa shape index (κ3) is 2.48. The van der Waals surface area contributed by atoms with E-state index in [1.165, 1.54) is 0 Å². The topological polar surface area (TPSA) is 54.9 Å². The molecular weight excluding hydrogens is 240 g/mol. The summed E-state index contributed by atoms with van der Waals surface area (Å²) in [6.07, 6.45) is 2.58. The minimum atomic E-state index is -1.31. The van der Waals surface area contributed by atoms with Gasteiger partial charge in [-0.1, -0.05) is 6.07 Å². The van der Waals surface area contributed by atoms with E-state index in [0.717, 1.165) is 17.8 Å². The van der Waals surface area contributed by atoms with Crippen LogP contribution in [0.15, 0.2) is 30.6 Å². The molecule has 6 heteroatoms. The second-order valence-corrected chi connectivity index (χ2v) is 3.64. The van der Waals surface area contributed by atoms with Crippen LogP contribution in [0, 0.1) is 18.7 Å². The molecule has 92 valence electrons. The van der Waals surface area contributed by atoms with Crippen molar-refractivity contribution in [2.24, 2.45) is 0 Å². The van der Waals surface area contributed by atoms with Crippen LogP contribution < -0.4 is 5.32 Å². The highest BCUT2D eigenvalue weighted by Crippen LogP contribution is 2.11. The predicted octanol–water partition coefficient (Wildman–Crippen LogP) is 2.32. The Hall–Kier alpha value is -2.37. The minimum Gasteiger partial charge on any atom is -0.306 e. The molecule has 2 heterocycles. The summed E-state index contributed by atoms with van der Waals surface area (Å²) in [6.45, 7) is 1.84. The maximum Gasteiger partial charge on any atom is 0.260 e. The van der Waals surface area contributed by atoms with Crippen LogP contribution in [0.25, 0.3) is 0 Å². The first-order valence-electron chi connectivity index (χ1n) is 5.12. The molecule has 2 aromatic heterocycles. The largest absolute Gasteiger partial charge is 0.306 e. The van der Waals surface area contributed by atoms with Crippen LogP contribution in [0.2, 0.25) is 0 Å². The van der Waals surface area contributed by atoms with Crippen molar-refractivity contribution in [1.29, 1.82) is 0 Å². The van der Waals surface area contributed by atoms with Crippen molar-refractivity contribution in [3.05, 3.63) is 53.5 Å². The molecule has 0 saturated carbocycles. The fourth-order valence-corrected chi connectivity index (χ4v) is 1.32. The summed E-state index contributed by atoms with van der Waals surface area (Å²) in [5, 5.41) is 2.37. The highest BCUT2D eigenvalue weighted by atomic mass is 19.2. The van der Waals surface area contributed by atoms with E-state index in [4.69, 9.17) is 0 Å². The van der Waals surface area contributed by atoms with Gasteiger partial charge in [-0.2, -0.15) is 4.39 Å². The first kappa shape index (κ1) is 12.1. The molecule has 0 aliphatic carbocycles. The second-order valence-electron chi connectivity index (χ2n) is 3.64. The number of nitrogens with one attached hydrogen (secondary N) is 1. The number of amides is 1. The smallest absolute Gasteiger partial charge is 0.260 e. The van der Waals surface area contributed by atoms with Crippen LogP contribution in [0.5, 0.6) is 0 Å². The van der Waals surface area contributed by atoms with Gasteiger partial charge in [0.15, 0.2) is 5.82 Å². The summed E-state index contributed by atoms with van der Waals surface area (Å²) in [6, 6.07) is 4.41. The van der Waals surface area contributed by atoms with Crippen molar-refractivity contribution in [1.82, 2.24) is 9.97 Å². The number of aryl methyl sites for hydroxylation is 1. The first-order chi connectivity index (χ1) is 8.58. The summed E-state index contributed by atoms with van der Waals surface area (Å²) in [4.78, 5) is 18.7. The van der Waals surface area contributed by atoms with Crippen molar-refractivity contribution in [3.63, 3.8) is 0 Å². The van der Waals surface area contributed by atoms with Gasteiger partial charge in [-0.3, -0.25) is 4.79 Å². The zero-order chi connectivity index (χ0) is 13.1. The molecule has 1 N–H and O–H groups in total. The van der Waals surface area contributed by atoms with Crippen LogP contribution in [0.4, 0.5) is 14.6 Å². The van der Waals surface area contributed by atoms with Crippen LogP contribution in [0.3, 0.4) is 0 Å². The first-order valence-corrected chi connectivity index (χ1v) is 5.12. The molecule has 0 unspecified atom stereocenters. The predicted molar refractivity (Wildman–Crippen MR) is 61.1 cm³/mol. The number of hydrogen-bond donors (Lipinski definition) is 1.